The van der Waals surface area contributed by atoms with Crippen molar-refractivity contribution in [2.45, 2.75) is 32.6 Å². The molecule has 0 atom stereocenters. The molecular formula is C18H24N6O. The van der Waals surface area contributed by atoms with Gasteiger partial charge in [-0.25, -0.2) is 15.0 Å². The van der Waals surface area contributed by atoms with E-state index in [1.54, 1.807) is 19.4 Å². The summed E-state index contributed by atoms with van der Waals surface area (Å²) in [6.07, 6.45) is 4.01. The molecule has 0 amide bonds. The summed E-state index contributed by atoms with van der Waals surface area (Å²) >= 11 is 0. The molecule has 4 rings (SSSR count). The molecule has 0 spiro atoms. The molecule has 0 unspecified atom stereocenters. The van der Waals surface area contributed by atoms with E-state index in [9.17, 15) is 4.79 Å². The van der Waals surface area contributed by atoms with E-state index in [-0.39, 0.29) is 5.56 Å². The predicted octanol–water partition coefficient (Wildman–Crippen LogP) is 1.39. The minimum absolute atomic E-state index is 0.0243. The summed E-state index contributed by atoms with van der Waals surface area (Å²) in [5.74, 6) is 3.40. The van der Waals surface area contributed by atoms with Crippen molar-refractivity contribution in [1.82, 2.24) is 19.5 Å². The summed E-state index contributed by atoms with van der Waals surface area (Å²) in [6, 6.07) is 1.61. The van der Waals surface area contributed by atoms with Crippen LogP contribution < -0.4 is 15.4 Å². The average Bonchev–Trinajstić information content (AvgIpc) is 3.45. The van der Waals surface area contributed by atoms with Crippen molar-refractivity contribution in [2.24, 2.45) is 7.05 Å². The van der Waals surface area contributed by atoms with Gasteiger partial charge in [-0.3, -0.25) is 4.79 Å². The van der Waals surface area contributed by atoms with Gasteiger partial charge in [-0.15, -0.1) is 0 Å². The quantitative estimate of drug-likeness (QED) is 0.841. The third-order valence-electron chi connectivity index (χ3n) is 5.19. The van der Waals surface area contributed by atoms with Gasteiger partial charge in [0.25, 0.3) is 5.56 Å². The molecule has 1 aliphatic heterocycles. The molecule has 0 radical (unpaired) electrons. The molecule has 1 saturated carbocycles. The van der Waals surface area contributed by atoms with Crippen LogP contribution in [0, 0.1) is 13.8 Å². The first-order valence-electron chi connectivity index (χ1n) is 8.90. The monoisotopic (exact) mass is 340 g/mol. The molecule has 0 aromatic carbocycles. The second-order valence-corrected chi connectivity index (χ2v) is 7.06. The standard InChI is InChI=1S/C18H24N6O/c1-12-13(2)20-17(14-4-5-14)21-18(12)24-8-6-23(7-9-24)15-10-16(25)22(3)11-19-15/h10-11,14H,4-9H2,1-3H3. The highest BCUT2D eigenvalue weighted by Crippen LogP contribution is 2.39. The number of hydrogen-bond acceptors (Lipinski definition) is 6. The predicted molar refractivity (Wildman–Crippen MR) is 97.4 cm³/mol. The largest absolute Gasteiger partial charge is 0.353 e. The Kier molecular flexibility index (Phi) is 3.94. The van der Waals surface area contributed by atoms with Crippen molar-refractivity contribution in [3.8, 4) is 0 Å². The second kappa shape index (κ2) is 6.13. The maximum Gasteiger partial charge on any atom is 0.255 e. The van der Waals surface area contributed by atoms with Crippen molar-refractivity contribution in [3.63, 3.8) is 0 Å². The van der Waals surface area contributed by atoms with E-state index in [2.05, 4.69) is 33.6 Å². The molecule has 2 aliphatic rings. The normalized spacial score (nSPS) is 17.9. The Morgan fingerprint density at radius 2 is 1.72 bits per heavy atom. The molecule has 1 saturated heterocycles. The molecular weight excluding hydrogens is 316 g/mol. The smallest absolute Gasteiger partial charge is 0.255 e. The van der Waals surface area contributed by atoms with Crippen LogP contribution in [0.4, 0.5) is 11.6 Å². The molecule has 7 nitrogen and oxygen atoms in total. The molecule has 2 aromatic heterocycles. The molecule has 25 heavy (non-hydrogen) atoms. The van der Waals surface area contributed by atoms with Crippen molar-refractivity contribution < 1.29 is 0 Å². The summed E-state index contributed by atoms with van der Waals surface area (Å²) in [5.41, 5.74) is 2.23. The van der Waals surface area contributed by atoms with Gasteiger partial charge in [0.2, 0.25) is 0 Å². The highest BCUT2D eigenvalue weighted by atomic mass is 16.1. The lowest BCUT2D eigenvalue weighted by Crippen LogP contribution is -2.47. The minimum atomic E-state index is -0.0243. The van der Waals surface area contributed by atoms with Gasteiger partial charge in [-0.05, 0) is 26.7 Å². The lowest BCUT2D eigenvalue weighted by atomic mass is 10.2. The van der Waals surface area contributed by atoms with Crippen LogP contribution in [0.25, 0.3) is 0 Å². The van der Waals surface area contributed by atoms with Gasteiger partial charge in [0.1, 0.15) is 17.5 Å². The van der Waals surface area contributed by atoms with Crippen molar-refractivity contribution in [2.75, 3.05) is 36.0 Å². The summed E-state index contributed by atoms with van der Waals surface area (Å²) in [4.78, 5) is 30.3. The molecule has 0 N–H and O–H groups in total. The number of aryl methyl sites for hydroxylation is 2. The van der Waals surface area contributed by atoms with Crippen LogP contribution in [-0.2, 0) is 7.05 Å². The van der Waals surface area contributed by atoms with Crippen LogP contribution in [0.3, 0.4) is 0 Å². The van der Waals surface area contributed by atoms with Crippen LogP contribution in [-0.4, -0.2) is 45.7 Å². The Hall–Kier alpha value is -2.44. The molecule has 3 heterocycles. The third kappa shape index (κ3) is 3.10. The van der Waals surface area contributed by atoms with Crippen LogP contribution in [0.15, 0.2) is 17.2 Å². The van der Waals surface area contributed by atoms with Crippen molar-refractivity contribution in [3.05, 3.63) is 39.8 Å². The van der Waals surface area contributed by atoms with E-state index in [1.165, 1.54) is 23.0 Å². The zero-order valence-corrected chi connectivity index (χ0v) is 15.1. The minimum Gasteiger partial charge on any atom is -0.353 e. The summed E-state index contributed by atoms with van der Waals surface area (Å²) in [7, 11) is 1.72. The average molecular weight is 340 g/mol. The van der Waals surface area contributed by atoms with Crippen molar-refractivity contribution in [1.29, 1.82) is 0 Å². The van der Waals surface area contributed by atoms with Gasteiger partial charge in [-0.1, -0.05) is 0 Å². The van der Waals surface area contributed by atoms with Crippen molar-refractivity contribution >= 4 is 11.6 Å². The first kappa shape index (κ1) is 16.1. The third-order valence-corrected chi connectivity index (χ3v) is 5.19. The van der Waals surface area contributed by atoms with Crippen LogP contribution in [0.2, 0.25) is 0 Å². The topological polar surface area (TPSA) is 67.2 Å². The summed E-state index contributed by atoms with van der Waals surface area (Å²) in [6.45, 7) is 7.60. The first-order valence-corrected chi connectivity index (χ1v) is 8.90. The Bertz CT molecular complexity index is 849. The van der Waals surface area contributed by atoms with E-state index in [4.69, 9.17) is 4.98 Å². The zero-order chi connectivity index (χ0) is 17.6. The van der Waals surface area contributed by atoms with Gasteiger partial charge in [0.05, 0.1) is 6.33 Å². The van der Waals surface area contributed by atoms with Gasteiger partial charge < -0.3 is 14.4 Å². The Balaban J connectivity index is 1.52. The van der Waals surface area contributed by atoms with E-state index >= 15 is 0 Å². The fourth-order valence-corrected chi connectivity index (χ4v) is 3.24. The molecule has 2 aromatic rings. The molecule has 7 heteroatoms. The molecule has 0 bridgehead atoms. The number of hydrogen-bond donors (Lipinski definition) is 0. The Morgan fingerprint density at radius 3 is 2.36 bits per heavy atom. The lowest BCUT2D eigenvalue weighted by molar-refractivity contribution is 0.633. The van der Waals surface area contributed by atoms with E-state index < -0.39 is 0 Å². The summed E-state index contributed by atoms with van der Waals surface area (Å²) in [5, 5.41) is 0. The molecule has 2 fully saturated rings. The van der Waals surface area contributed by atoms with Crippen LogP contribution >= 0.6 is 0 Å². The van der Waals surface area contributed by atoms with Crippen LogP contribution in [0.5, 0.6) is 0 Å². The van der Waals surface area contributed by atoms with Crippen LogP contribution in [0.1, 0.15) is 35.8 Å². The Labute approximate surface area is 147 Å². The number of nitrogens with zero attached hydrogens (tertiary/aromatic N) is 6. The van der Waals surface area contributed by atoms with E-state index in [1.807, 2.05) is 0 Å². The zero-order valence-electron chi connectivity index (χ0n) is 15.1. The van der Waals surface area contributed by atoms with Gasteiger partial charge in [0.15, 0.2) is 0 Å². The maximum atomic E-state index is 11.8. The summed E-state index contributed by atoms with van der Waals surface area (Å²) < 4.78 is 1.49. The number of piperazine rings is 1. The highest BCUT2D eigenvalue weighted by Gasteiger charge is 2.29. The van der Waals surface area contributed by atoms with E-state index in [0.717, 1.165) is 49.3 Å². The number of anilines is 2. The maximum absolute atomic E-state index is 11.8. The molecule has 132 valence electrons. The van der Waals surface area contributed by atoms with Gasteiger partial charge in [-0.2, -0.15) is 0 Å². The fourth-order valence-electron chi connectivity index (χ4n) is 3.24. The first-order chi connectivity index (χ1) is 12.0. The lowest BCUT2D eigenvalue weighted by Gasteiger charge is -2.36. The van der Waals surface area contributed by atoms with Gasteiger partial charge >= 0.3 is 0 Å². The fraction of sp³-hybridized carbons (Fsp3) is 0.556. The second-order valence-electron chi connectivity index (χ2n) is 7.06. The molecule has 1 aliphatic carbocycles. The SMILES string of the molecule is Cc1nc(C2CC2)nc(N2CCN(c3cc(=O)n(C)cn3)CC2)c1C. The highest BCUT2D eigenvalue weighted by molar-refractivity contribution is 5.51. The Morgan fingerprint density at radius 1 is 1.04 bits per heavy atom. The van der Waals surface area contributed by atoms with Gasteiger partial charge in [0, 0.05) is 56.5 Å². The van der Waals surface area contributed by atoms with E-state index in [0.29, 0.717) is 5.92 Å². The number of aromatic nitrogens is 4. The number of rotatable bonds is 3.